The van der Waals surface area contributed by atoms with Crippen molar-refractivity contribution in [1.82, 2.24) is 5.32 Å². The van der Waals surface area contributed by atoms with E-state index in [1.165, 1.54) is 0 Å². The molecule has 6 heteroatoms. The highest BCUT2D eigenvalue weighted by Gasteiger charge is 2.37. The molecule has 0 heterocycles. The first kappa shape index (κ1) is 20.7. The second kappa shape index (κ2) is 9.20. The van der Waals surface area contributed by atoms with Gasteiger partial charge in [-0.15, -0.1) is 0 Å². The zero-order chi connectivity index (χ0) is 18.2. The maximum Gasteiger partial charge on any atom is 0.407 e. The molecule has 0 bridgehead atoms. The quantitative estimate of drug-likeness (QED) is 0.719. The molecule has 0 unspecified atom stereocenters. The van der Waals surface area contributed by atoms with Crippen LogP contribution in [0.2, 0.25) is 18.1 Å². The van der Waals surface area contributed by atoms with Gasteiger partial charge in [0.05, 0.1) is 19.3 Å². The fraction of sp³-hybridized carbons (Fsp3) is 0.611. The minimum Gasteiger partial charge on any atom is -0.445 e. The Morgan fingerprint density at radius 1 is 1.17 bits per heavy atom. The summed E-state index contributed by atoms with van der Waals surface area (Å²) in [5.41, 5.74) is 0.952. The van der Waals surface area contributed by atoms with Crippen molar-refractivity contribution in [3.05, 3.63) is 35.9 Å². The molecule has 0 radical (unpaired) electrons. The van der Waals surface area contributed by atoms with Crippen LogP contribution in [-0.2, 0) is 20.5 Å². The molecule has 1 aromatic carbocycles. The Morgan fingerprint density at radius 2 is 1.79 bits per heavy atom. The zero-order valence-corrected chi connectivity index (χ0v) is 16.7. The Morgan fingerprint density at radius 3 is 2.33 bits per heavy atom. The number of hydrogen-bond acceptors (Lipinski definition) is 4. The van der Waals surface area contributed by atoms with Crippen molar-refractivity contribution in [3.63, 3.8) is 0 Å². The van der Waals surface area contributed by atoms with Gasteiger partial charge in [-0.1, -0.05) is 51.1 Å². The summed E-state index contributed by atoms with van der Waals surface area (Å²) in [5, 5.41) is 2.95. The predicted octanol–water partition coefficient (Wildman–Crippen LogP) is 3.95. The summed E-state index contributed by atoms with van der Waals surface area (Å²) in [7, 11) is -0.259. The van der Waals surface area contributed by atoms with Gasteiger partial charge in [0.2, 0.25) is 0 Å². The van der Waals surface area contributed by atoms with Crippen molar-refractivity contribution in [2.24, 2.45) is 0 Å². The minimum atomic E-state index is -1.87. The number of carbonyl (C=O) groups is 1. The van der Waals surface area contributed by atoms with Crippen molar-refractivity contribution in [2.75, 3.05) is 20.3 Å². The summed E-state index contributed by atoms with van der Waals surface area (Å²) in [4.78, 5) is 12.0. The molecule has 5 nitrogen and oxygen atoms in total. The Hall–Kier alpha value is -1.37. The van der Waals surface area contributed by atoms with E-state index in [0.29, 0.717) is 13.2 Å². The third-order valence-corrected chi connectivity index (χ3v) is 8.85. The van der Waals surface area contributed by atoms with E-state index < -0.39 is 14.4 Å². The van der Waals surface area contributed by atoms with E-state index in [1.807, 2.05) is 30.3 Å². The molecule has 0 saturated carbocycles. The second-order valence-electron chi connectivity index (χ2n) is 7.43. The number of hydrogen-bond donors (Lipinski definition) is 1. The maximum absolute atomic E-state index is 12.0. The molecule has 24 heavy (non-hydrogen) atoms. The van der Waals surface area contributed by atoms with E-state index in [2.05, 4.69) is 39.2 Å². The van der Waals surface area contributed by atoms with Crippen molar-refractivity contribution < 1.29 is 18.7 Å². The van der Waals surface area contributed by atoms with Gasteiger partial charge in [-0.2, -0.15) is 0 Å². The van der Waals surface area contributed by atoms with Gasteiger partial charge in [-0.3, -0.25) is 0 Å². The van der Waals surface area contributed by atoms with Crippen molar-refractivity contribution >= 4 is 14.4 Å². The van der Waals surface area contributed by atoms with Gasteiger partial charge in [-0.05, 0) is 23.7 Å². The molecule has 0 aliphatic carbocycles. The number of rotatable bonds is 8. The van der Waals surface area contributed by atoms with Crippen LogP contribution in [0.4, 0.5) is 4.79 Å². The van der Waals surface area contributed by atoms with Crippen LogP contribution >= 0.6 is 0 Å². The predicted molar refractivity (Wildman–Crippen MR) is 98.6 cm³/mol. The van der Waals surface area contributed by atoms with Gasteiger partial charge >= 0.3 is 6.09 Å². The molecule has 0 aliphatic heterocycles. The number of alkyl carbamates (subject to hydrolysis) is 1. The van der Waals surface area contributed by atoms with Crippen LogP contribution in [0.3, 0.4) is 0 Å². The SMILES string of the molecule is COC[C@H](CO[Si](C)(C)C(C)(C)C)NC(=O)OCc1ccccc1. The lowest BCUT2D eigenvalue weighted by molar-refractivity contribution is 0.104. The highest BCUT2D eigenvalue weighted by atomic mass is 28.4. The summed E-state index contributed by atoms with van der Waals surface area (Å²) >= 11 is 0. The molecular formula is C18H31NO4Si. The maximum atomic E-state index is 12.0. The van der Waals surface area contributed by atoms with E-state index in [-0.39, 0.29) is 17.7 Å². The van der Waals surface area contributed by atoms with Gasteiger partial charge in [0.25, 0.3) is 0 Å². The normalized spacial score (nSPS) is 13.4. The molecule has 0 spiro atoms. The molecule has 0 fully saturated rings. The van der Waals surface area contributed by atoms with Crippen LogP contribution in [0.1, 0.15) is 26.3 Å². The molecule has 0 aromatic heterocycles. The third-order valence-electron chi connectivity index (χ3n) is 4.35. The third kappa shape index (κ3) is 7.03. The monoisotopic (exact) mass is 353 g/mol. The van der Waals surface area contributed by atoms with Crippen LogP contribution in [0.25, 0.3) is 0 Å². The van der Waals surface area contributed by atoms with Crippen LogP contribution in [0.5, 0.6) is 0 Å². The molecular weight excluding hydrogens is 322 g/mol. The first-order valence-corrected chi connectivity index (χ1v) is 11.2. The summed E-state index contributed by atoms with van der Waals surface area (Å²) in [6.07, 6.45) is -0.459. The number of benzene rings is 1. The molecule has 136 valence electrons. The van der Waals surface area contributed by atoms with Crippen molar-refractivity contribution in [3.8, 4) is 0 Å². The fourth-order valence-electron chi connectivity index (χ4n) is 1.79. The first-order valence-electron chi connectivity index (χ1n) is 8.26. The van der Waals surface area contributed by atoms with Crippen LogP contribution in [0.15, 0.2) is 30.3 Å². The molecule has 1 atom stereocenters. The number of ether oxygens (including phenoxy) is 2. The number of carbonyl (C=O) groups excluding carboxylic acids is 1. The number of nitrogens with one attached hydrogen (secondary N) is 1. The van der Waals surface area contributed by atoms with Gasteiger partial charge < -0.3 is 19.2 Å². The molecule has 0 aliphatic rings. The van der Waals surface area contributed by atoms with Gasteiger partial charge in [-0.25, -0.2) is 4.79 Å². The minimum absolute atomic E-state index is 0.123. The number of amides is 1. The highest BCUT2D eigenvalue weighted by molar-refractivity contribution is 6.74. The van der Waals surface area contributed by atoms with Crippen molar-refractivity contribution in [2.45, 2.75) is 51.6 Å². The molecule has 1 rings (SSSR count). The Labute approximate surface area is 146 Å². The Balaban J connectivity index is 2.48. The molecule has 1 amide bonds. The summed E-state index contributed by atoms with van der Waals surface area (Å²) in [6.45, 7) is 12.0. The average Bonchev–Trinajstić information content (AvgIpc) is 2.51. The largest absolute Gasteiger partial charge is 0.445 e. The van der Waals surface area contributed by atoms with Crippen LogP contribution < -0.4 is 5.32 Å². The van der Waals surface area contributed by atoms with Gasteiger partial charge in [0, 0.05) is 7.11 Å². The van der Waals surface area contributed by atoms with E-state index in [4.69, 9.17) is 13.9 Å². The van der Waals surface area contributed by atoms with Gasteiger partial charge in [0.1, 0.15) is 6.61 Å². The van der Waals surface area contributed by atoms with E-state index >= 15 is 0 Å². The first-order chi connectivity index (χ1) is 11.2. The standard InChI is InChI=1S/C18H31NO4Si/c1-18(2,3)24(5,6)23-14-16(13-21-4)19-17(20)22-12-15-10-8-7-9-11-15/h7-11,16H,12-14H2,1-6H3,(H,19,20)/t16-/m1/s1. The average molecular weight is 354 g/mol. The lowest BCUT2D eigenvalue weighted by Crippen LogP contribution is -2.47. The fourth-order valence-corrected chi connectivity index (χ4v) is 2.84. The summed E-state index contributed by atoms with van der Waals surface area (Å²) in [5.74, 6) is 0. The summed E-state index contributed by atoms with van der Waals surface area (Å²) < 4.78 is 16.6. The van der Waals surface area contributed by atoms with Crippen molar-refractivity contribution in [1.29, 1.82) is 0 Å². The van der Waals surface area contributed by atoms with E-state index in [1.54, 1.807) is 7.11 Å². The zero-order valence-electron chi connectivity index (χ0n) is 15.7. The summed E-state index contributed by atoms with van der Waals surface area (Å²) in [6, 6.07) is 9.36. The van der Waals surface area contributed by atoms with E-state index in [0.717, 1.165) is 5.56 Å². The second-order valence-corrected chi connectivity index (χ2v) is 12.2. The lowest BCUT2D eigenvalue weighted by Gasteiger charge is -2.37. The Kier molecular flexibility index (Phi) is 7.92. The smallest absolute Gasteiger partial charge is 0.407 e. The lowest BCUT2D eigenvalue weighted by atomic mass is 10.2. The van der Waals surface area contributed by atoms with Crippen LogP contribution in [-0.4, -0.2) is 40.8 Å². The molecule has 1 N–H and O–H groups in total. The van der Waals surface area contributed by atoms with Crippen LogP contribution in [0, 0.1) is 0 Å². The van der Waals surface area contributed by atoms with E-state index in [9.17, 15) is 4.79 Å². The topological polar surface area (TPSA) is 56.8 Å². The number of methoxy groups -OCH3 is 1. The molecule has 0 saturated heterocycles. The molecule has 1 aromatic rings. The van der Waals surface area contributed by atoms with Gasteiger partial charge in [0.15, 0.2) is 8.32 Å². The highest BCUT2D eigenvalue weighted by Crippen LogP contribution is 2.36. The Bertz CT molecular complexity index is 499.